The van der Waals surface area contributed by atoms with Crippen molar-refractivity contribution < 1.29 is 4.39 Å². The average molecular weight is 232 g/mol. The molecular weight excluding hydrogens is 221 g/mol. The maximum absolute atomic E-state index is 12.9. The molecule has 1 aromatic rings. The summed E-state index contributed by atoms with van der Waals surface area (Å²) >= 11 is 3.29. The maximum atomic E-state index is 12.9. The van der Waals surface area contributed by atoms with Crippen LogP contribution in [0.25, 0.3) is 0 Å². The quantitative estimate of drug-likeness (QED) is 0.833. The van der Waals surface area contributed by atoms with E-state index in [0.717, 1.165) is 10.0 Å². The van der Waals surface area contributed by atoms with Gasteiger partial charge in [0, 0.05) is 11.0 Å². The number of halogens is 2. The largest absolute Gasteiger partial charge is 0.326 e. The summed E-state index contributed by atoms with van der Waals surface area (Å²) in [5.41, 5.74) is 7.11. The molecule has 0 fully saturated rings. The normalized spacial score (nSPS) is 13.0. The number of rotatable bonds is 2. The highest BCUT2D eigenvalue weighted by Gasteiger charge is 2.07. The van der Waals surface area contributed by atoms with Gasteiger partial charge in [-0.05, 0) is 24.1 Å². The molecule has 0 heterocycles. The fraction of sp³-hybridized carbons (Fsp3) is 0.333. The number of hydrogen-bond acceptors (Lipinski definition) is 1. The molecule has 1 unspecified atom stereocenters. The van der Waals surface area contributed by atoms with Crippen LogP contribution < -0.4 is 5.73 Å². The molecule has 3 heteroatoms. The van der Waals surface area contributed by atoms with E-state index in [1.54, 1.807) is 6.07 Å². The highest BCUT2D eigenvalue weighted by Crippen LogP contribution is 2.26. The van der Waals surface area contributed by atoms with Gasteiger partial charge in [-0.1, -0.05) is 28.1 Å². The van der Waals surface area contributed by atoms with Crippen molar-refractivity contribution in [2.75, 3.05) is 0 Å². The van der Waals surface area contributed by atoms with Gasteiger partial charge < -0.3 is 5.73 Å². The summed E-state index contributed by atoms with van der Waals surface area (Å²) in [5, 5.41) is 0. The maximum Gasteiger partial charge on any atom is 0.123 e. The molecule has 1 atom stereocenters. The van der Waals surface area contributed by atoms with E-state index in [-0.39, 0.29) is 0 Å². The van der Waals surface area contributed by atoms with Gasteiger partial charge in [0.1, 0.15) is 6.17 Å². The molecule has 1 rings (SSSR count). The summed E-state index contributed by atoms with van der Waals surface area (Å²) in [6, 6.07) is 5.46. The Morgan fingerprint density at radius 3 is 2.67 bits per heavy atom. The average Bonchev–Trinajstić information content (AvgIpc) is 2.03. The molecule has 66 valence electrons. The molecule has 0 bridgehead atoms. The van der Waals surface area contributed by atoms with Crippen LogP contribution in [-0.2, 0) is 6.54 Å². The van der Waals surface area contributed by atoms with Crippen molar-refractivity contribution in [3.8, 4) is 0 Å². The van der Waals surface area contributed by atoms with Crippen LogP contribution >= 0.6 is 15.9 Å². The SMILES string of the molecule is CC(F)c1ccc(CN)cc1Br. The molecule has 0 aliphatic rings. The van der Waals surface area contributed by atoms with Crippen LogP contribution in [0.4, 0.5) is 4.39 Å². The van der Waals surface area contributed by atoms with Crippen molar-refractivity contribution in [1.29, 1.82) is 0 Å². The van der Waals surface area contributed by atoms with Crippen molar-refractivity contribution in [1.82, 2.24) is 0 Å². The fourth-order valence-electron chi connectivity index (χ4n) is 1.02. The minimum Gasteiger partial charge on any atom is -0.326 e. The third-order valence-electron chi connectivity index (χ3n) is 1.73. The molecule has 2 N–H and O–H groups in total. The predicted octanol–water partition coefficient (Wildman–Crippen LogP) is 2.94. The van der Waals surface area contributed by atoms with E-state index < -0.39 is 6.17 Å². The van der Waals surface area contributed by atoms with E-state index in [9.17, 15) is 4.39 Å². The van der Waals surface area contributed by atoms with E-state index in [1.807, 2.05) is 12.1 Å². The lowest BCUT2D eigenvalue weighted by Crippen LogP contribution is -1.97. The van der Waals surface area contributed by atoms with Crippen molar-refractivity contribution in [2.45, 2.75) is 19.6 Å². The summed E-state index contributed by atoms with van der Waals surface area (Å²) in [7, 11) is 0. The fourth-order valence-corrected chi connectivity index (χ4v) is 1.76. The van der Waals surface area contributed by atoms with Crippen molar-refractivity contribution in [3.63, 3.8) is 0 Å². The van der Waals surface area contributed by atoms with Gasteiger partial charge in [-0.2, -0.15) is 0 Å². The zero-order valence-corrected chi connectivity index (χ0v) is 8.44. The Morgan fingerprint density at radius 2 is 2.25 bits per heavy atom. The Kier molecular flexibility index (Phi) is 3.23. The second kappa shape index (κ2) is 4.01. The minimum atomic E-state index is -0.939. The Bertz CT molecular complexity index is 273. The monoisotopic (exact) mass is 231 g/mol. The Morgan fingerprint density at radius 1 is 1.58 bits per heavy atom. The number of nitrogens with two attached hydrogens (primary N) is 1. The first-order valence-corrected chi connectivity index (χ1v) is 4.57. The van der Waals surface area contributed by atoms with Crippen molar-refractivity contribution >= 4 is 15.9 Å². The lowest BCUT2D eigenvalue weighted by molar-refractivity contribution is 0.373. The summed E-state index contributed by atoms with van der Waals surface area (Å²) in [6.45, 7) is 2.00. The topological polar surface area (TPSA) is 26.0 Å². The molecule has 1 nitrogen and oxygen atoms in total. The first kappa shape index (κ1) is 9.68. The molecule has 12 heavy (non-hydrogen) atoms. The van der Waals surface area contributed by atoms with Gasteiger partial charge >= 0.3 is 0 Å². The molecule has 0 saturated carbocycles. The van der Waals surface area contributed by atoms with Crippen molar-refractivity contribution in [3.05, 3.63) is 33.8 Å². The van der Waals surface area contributed by atoms with Gasteiger partial charge in [0.2, 0.25) is 0 Å². The van der Waals surface area contributed by atoms with Crippen LogP contribution in [-0.4, -0.2) is 0 Å². The summed E-state index contributed by atoms with van der Waals surface area (Å²) in [6.07, 6.45) is -0.939. The summed E-state index contributed by atoms with van der Waals surface area (Å²) < 4.78 is 13.7. The number of alkyl halides is 1. The first-order valence-electron chi connectivity index (χ1n) is 3.77. The smallest absolute Gasteiger partial charge is 0.123 e. The Labute approximate surface area is 79.9 Å². The van der Waals surface area contributed by atoms with Gasteiger partial charge in [-0.3, -0.25) is 0 Å². The van der Waals surface area contributed by atoms with Gasteiger partial charge in [0.15, 0.2) is 0 Å². The van der Waals surface area contributed by atoms with Crippen LogP contribution in [0.2, 0.25) is 0 Å². The molecule has 0 aliphatic heterocycles. The molecule has 0 radical (unpaired) electrons. The van der Waals surface area contributed by atoms with Crippen LogP contribution in [0.5, 0.6) is 0 Å². The molecule has 0 aromatic heterocycles. The molecule has 0 amide bonds. The van der Waals surface area contributed by atoms with Crippen molar-refractivity contribution in [2.24, 2.45) is 5.73 Å². The second-order valence-electron chi connectivity index (χ2n) is 2.68. The van der Waals surface area contributed by atoms with Crippen LogP contribution in [0.3, 0.4) is 0 Å². The Hall–Kier alpha value is -0.410. The summed E-state index contributed by atoms with van der Waals surface area (Å²) in [5.74, 6) is 0. The van der Waals surface area contributed by atoms with Gasteiger partial charge in [0.05, 0.1) is 0 Å². The molecule has 1 aromatic carbocycles. The highest BCUT2D eigenvalue weighted by atomic mass is 79.9. The molecule has 0 spiro atoms. The van der Waals surface area contributed by atoms with Gasteiger partial charge in [0.25, 0.3) is 0 Å². The standard InChI is InChI=1S/C9H11BrFN/c1-6(11)8-3-2-7(5-12)4-9(8)10/h2-4,6H,5,12H2,1H3. The third-order valence-corrected chi connectivity index (χ3v) is 2.42. The molecular formula is C9H11BrFN. The number of benzene rings is 1. The lowest BCUT2D eigenvalue weighted by atomic mass is 10.1. The van der Waals surface area contributed by atoms with E-state index in [1.165, 1.54) is 6.92 Å². The predicted molar refractivity (Wildman–Crippen MR) is 51.6 cm³/mol. The summed E-state index contributed by atoms with van der Waals surface area (Å²) in [4.78, 5) is 0. The minimum absolute atomic E-state index is 0.486. The van der Waals surface area contributed by atoms with E-state index in [2.05, 4.69) is 15.9 Å². The van der Waals surface area contributed by atoms with Crippen LogP contribution in [0.15, 0.2) is 22.7 Å². The van der Waals surface area contributed by atoms with Gasteiger partial charge in [-0.15, -0.1) is 0 Å². The van der Waals surface area contributed by atoms with Gasteiger partial charge in [-0.25, -0.2) is 4.39 Å². The third kappa shape index (κ3) is 2.05. The van der Waals surface area contributed by atoms with E-state index >= 15 is 0 Å². The second-order valence-corrected chi connectivity index (χ2v) is 3.53. The van der Waals surface area contributed by atoms with Crippen LogP contribution in [0.1, 0.15) is 24.2 Å². The first-order chi connectivity index (χ1) is 5.65. The Balaban J connectivity index is 3.03. The lowest BCUT2D eigenvalue weighted by Gasteiger charge is -2.06. The molecule has 0 aliphatic carbocycles. The van der Waals surface area contributed by atoms with Crippen LogP contribution in [0, 0.1) is 0 Å². The highest BCUT2D eigenvalue weighted by molar-refractivity contribution is 9.10. The zero-order chi connectivity index (χ0) is 9.14. The van der Waals surface area contributed by atoms with E-state index in [0.29, 0.717) is 12.1 Å². The zero-order valence-electron chi connectivity index (χ0n) is 6.85. The number of hydrogen-bond donors (Lipinski definition) is 1. The van der Waals surface area contributed by atoms with E-state index in [4.69, 9.17) is 5.73 Å². The molecule has 0 saturated heterocycles.